The van der Waals surface area contributed by atoms with E-state index in [-0.39, 0.29) is 41.8 Å². The first-order chi connectivity index (χ1) is 11.0. The third kappa shape index (κ3) is 3.93. The first-order valence-corrected chi connectivity index (χ1v) is 8.70. The lowest BCUT2D eigenvalue weighted by Gasteiger charge is -2.44. The van der Waals surface area contributed by atoms with Gasteiger partial charge in [0.25, 0.3) is 0 Å². The average molecular weight is 353 g/mol. The summed E-state index contributed by atoms with van der Waals surface area (Å²) in [6, 6.07) is 10.3. The van der Waals surface area contributed by atoms with E-state index in [0.29, 0.717) is 0 Å². The molecule has 2 aliphatic heterocycles. The molecular formula is C19H29ClN2O2. The van der Waals surface area contributed by atoms with Crippen LogP contribution in [-0.4, -0.2) is 36.5 Å². The van der Waals surface area contributed by atoms with Gasteiger partial charge in [0.1, 0.15) is 0 Å². The van der Waals surface area contributed by atoms with Gasteiger partial charge in [-0.15, -0.1) is 12.4 Å². The number of piperidine rings is 1. The van der Waals surface area contributed by atoms with Crippen LogP contribution in [0.3, 0.4) is 0 Å². The number of nitrogens with zero attached hydrogens (tertiary/aromatic N) is 1. The van der Waals surface area contributed by atoms with Crippen LogP contribution in [-0.2, 0) is 9.53 Å². The molecule has 0 aliphatic carbocycles. The molecule has 2 N–H and O–H groups in total. The number of carbonyl (C=O) groups excluding carboxylic acids is 1. The van der Waals surface area contributed by atoms with Crippen molar-refractivity contribution in [2.45, 2.75) is 45.3 Å². The van der Waals surface area contributed by atoms with Crippen molar-refractivity contribution >= 4 is 18.3 Å². The Morgan fingerprint density at radius 1 is 1.25 bits per heavy atom. The number of hydrogen-bond acceptors (Lipinski definition) is 3. The minimum absolute atomic E-state index is 0. The summed E-state index contributed by atoms with van der Waals surface area (Å²) < 4.78 is 5.99. The molecule has 2 saturated heterocycles. The van der Waals surface area contributed by atoms with Gasteiger partial charge in [0.2, 0.25) is 5.91 Å². The van der Waals surface area contributed by atoms with E-state index in [1.165, 1.54) is 0 Å². The highest BCUT2D eigenvalue weighted by atomic mass is 35.5. The normalized spacial score (nSPS) is 29.6. The maximum Gasteiger partial charge on any atom is 0.228 e. The van der Waals surface area contributed by atoms with Crippen molar-refractivity contribution in [2.75, 3.05) is 19.7 Å². The number of ether oxygens (including phenoxy) is 1. The lowest BCUT2D eigenvalue weighted by Crippen LogP contribution is -2.55. The Labute approximate surface area is 151 Å². The summed E-state index contributed by atoms with van der Waals surface area (Å²) in [6.07, 6.45) is 2.62. The molecule has 2 heterocycles. The van der Waals surface area contributed by atoms with E-state index < -0.39 is 0 Å². The second-order valence-corrected chi connectivity index (χ2v) is 7.59. The largest absolute Gasteiger partial charge is 0.373 e. The van der Waals surface area contributed by atoms with Crippen molar-refractivity contribution in [3.05, 3.63) is 35.9 Å². The number of likely N-dealkylation sites (tertiary alicyclic amines) is 1. The molecular weight excluding hydrogens is 324 g/mol. The molecule has 3 rings (SSSR count). The zero-order valence-electron chi connectivity index (χ0n) is 14.6. The van der Waals surface area contributed by atoms with Crippen LogP contribution in [0, 0.1) is 11.3 Å². The summed E-state index contributed by atoms with van der Waals surface area (Å²) in [7, 11) is 0. The molecule has 4 nitrogen and oxygen atoms in total. The first-order valence-electron chi connectivity index (χ1n) is 8.70. The van der Waals surface area contributed by atoms with E-state index in [0.717, 1.165) is 44.5 Å². The quantitative estimate of drug-likeness (QED) is 0.889. The van der Waals surface area contributed by atoms with Crippen LogP contribution < -0.4 is 5.73 Å². The summed E-state index contributed by atoms with van der Waals surface area (Å²) in [5.41, 5.74) is 7.30. The van der Waals surface area contributed by atoms with Crippen LogP contribution in [0.4, 0.5) is 0 Å². The number of halogens is 1. The minimum atomic E-state index is -0.115. The molecule has 24 heavy (non-hydrogen) atoms. The first kappa shape index (κ1) is 19.2. The molecule has 134 valence electrons. The maximum absolute atomic E-state index is 13.1. The fourth-order valence-corrected chi connectivity index (χ4v) is 3.80. The van der Waals surface area contributed by atoms with E-state index in [2.05, 4.69) is 26.0 Å². The van der Waals surface area contributed by atoms with Gasteiger partial charge in [0.15, 0.2) is 0 Å². The Morgan fingerprint density at radius 3 is 2.62 bits per heavy atom. The van der Waals surface area contributed by atoms with Crippen LogP contribution in [0.15, 0.2) is 30.3 Å². The molecule has 1 amide bonds. The van der Waals surface area contributed by atoms with Gasteiger partial charge in [-0.25, -0.2) is 0 Å². The lowest BCUT2D eigenvalue weighted by molar-refractivity contribution is -0.149. The SMILES string of the molecule is CC1(C)CN(C(=O)C2CCCOC2c2ccccc2)CCC1N.Cl. The third-order valence-electron chi connectivity index (χ3n) is 5.39. The monoisotopic (exact) mass is 352 g/mol. The van der Waals surface area contributed by atoms with Gasteiger partial charge in [-0.3, -0.25) is 4.79 Å². The van der Waals surface area contributed by atoms with E-state index in [4.69, 9.17) is 10.5 Å². The van der Waals surface area contributed by atoms with E-state index in [9.17, 15) is 4.79 Å². The van der Waals surface area contributed by atoms with Gasteiger partial charge in [-0.2, -0.15) is 0 Å². The molecule has 3 unspecified atom stereocenters. The predicted octanol–water partition coefficient (Wildman–Crippen LogP) is 3.16. The van der Waals surface area contributed by atoms with Crippen LogP contribution in [0.1, 0.15) is 44.8 Å². The number of carbonyl (C=O) groups is 1. The Kier molecular flexibility index (Phi) is 6.29. The van der Waals surface area contributed by atoms with Crippen LogP contribution in [0.2, 0.25) is 0 Å². The second-order valence-electron chi connectivity index (χ2n) is 7.59. The highest BCUT2D eigenvalue weighted by molar-refractivity contribution is 5.85. The molecule has 0 aromatic heterocycles. The topological polar surface area (TPSA) is 55.6 Å². The number of hydrogen-bond donors (Lipinski definition) is 1. The van der Waals surface area contributed by atoms with Crippen molar-refractivity contribution < 1.29 is 9.53 Å². The molecule has 3 atom stereocenters. The molecule has 1 aromatic carbocycles. The Bertz CT molecular complexity index is 550. The van der Waals surface area contributed by atoms with Gasteiger partial charge >= 0.3 is 0 Å². The molecule has 0 spiro atoms. The Balaban J connectivity index is 0.00000208. The summed E-state index contributed by atoms with van der Waals surface area (Å²) in [5, 5.41) is 0. The van der Waals surface area contributed by atoms with Crippen molar-refractivity contribution in [3.63, 3.8) is 0 Å². The zero-order chi connectivity index (χ0) is 16.4. The van der Waals surface area contributed by atoms with Crippen LogP contribution in [0.25, 0.3) is 0 Å². The van der Waals surface area contributed by atoms with Gasteiger partial charge < -0.3 is 15.4 Å². The van der Waals surface area contributed by atoms with Gasteiger partial charge in [-0.1, -0.05) is 44.2 Å². The van der Waals surface area contributed by atoms with Crippen molar-refractivity contribution in [1.82, 2.24) is 4.90 Å². The third-order valence-corrected chi connectivity index (χ3v) is 5.39. The number of amides is 1. The number of benzene rings is 1. The average Bonchev–Trinajstić information content (AvgIpc) is 2.57. The van der Waals surface area contributed by atoms with Gasteiger partial charge in [-0.05, 0) is 30.2 Å². The van der Waals surface area contributed by atoms with Crippen molar-refractivity contribution in [1.29, 1.82) is 0 Å². The van der Waals surface area contributed by atoms with Crippen LogP contribution >= 0.6 is 12.4 Å². The van der Waals surface area contributed by atoms with Crippen molar-refractivity contribution in [2.24, 2.45) is 17.1 Å². The molecule has 2 aliphatic rings. The van der Waals surface area contributed by atoms with Crippen LogP contribution in [0.5, 0.6) is 0 Å². The van der Waals surface area contributed by atoms with E-state index >= 15 is 0 Å². The Hall–Kier alpha value is -1.10. The fourth-order valence-electron chi connectivity index (χ4n) is 3.80. The molecule has 2 fully saturated rings. The molecule has 5 heteroatoms. The summed E-state index contributed by atoms with van der Waals surface area (Å²) >= 11 is 0. The van der Waals surface area contributed by atoms with Gasteiger partial charge in [0.05, 0.1) is 12.0 Å². The smallest absolute Gasteiger partial charge is 0.228 e. The number of rotatable bonds is 2. The van der Waals surface area contributed by atoms with Crippen molar-refractivity contribution in [3.8, 4) is 0 Å². The lowest BCUT2D eigenvalue weighted by atomic mass is 9.78. The maximum atomic E-state index is 13.1. The number of nitrogens with two attached hydrogens (primary N) is 1. The summed E-state index contributed by atoms with van der Waals surface area (Å²) in [6.45, 7) is 6.55. The predicted molar refractivity (Wildman–Crippen MR) is 98.1 cm³/mol. The summed E-state index contributed by atoms with van der Waals surface area (Å²) in [4.78, 5) is 15.1. The molecule has 0 bridgehead atoms. The fraction of sp³-hybridized carbons (Fsp3) is 0.632. The van der Waals surface area contributed by atoms with Gasteiger partial charge in [0, 0.05) is 25.7 Å². The molecule has 0 saturated carbocycles. The standard InChI is InChI=1S/C19H28N2O2.ClH/c1-19(2)13-21(11-10-16(19)20)18(22)15-9-6-12-23-17(15)14-7-4-3-5-8-14;/h3-5,7-8,15-17H,6,9-13,20H2,1-2H3;1H. The zero-order valence-corrected chi connectivity index (χ0v) is 15.4. The summed E-state index contributed by atoms with van der Waals surface area (Å²) in [5.74, 6) is 0.162. The second kappa shape index (κ2) is 7.85. The molecule has 0 radical (unpaired) electrons. The Morgan fingerprint density at radius 2 is 1.96 bits per heavy atom. The highest BCUT2D eigenvalue weighted by Gasteiger charge is 2.40. The van der Waals surface area contributed by atoms with E-state index in [1.807, 2.05) is 23.1 Å². The highest BCUT2D eigenvalue weighted by Crippen LogP contribution is 2.37. The minimum Gasteiger partial charge on any atom is -0.373 e. The molecule has 1 aromatic rings. The van der Waals surface area contributed by atoms with E-state index in [1.54, 1.807) is 0 Å².